The Bertz CT molecular complexity index is 1300. The van der Waals surface area contributed by atoms with E-state index in [-0.39, 0.29) is 24.2 Å². The molecule has 1 fully saturated rings. The standard InChI is InChI=1S/C25H23N5O3/c1-33-20-9-7-19(8-10-20)29-15-18(12-24(29)31)25(32)27-14-17-6-11-23(26-13-17)30-16-28-21-4-2-3-5-22(21)30/h2-11,13,16,18H,12,14-15H2,1H3,(H,27,32). The van der Waals surface area contributed by atoms with Gasteiger partial charge in [-0.3, -0.25) is 14.2 Å². The van der Waals surface area contributed by atoms with E-state index in [2.05, 4.69) is 15.3 Å². The Hall–Kier alpha value is -4.20. The van der Waals surface area contributed by atoms with Crippen LogP contribution >= 0.6 is 0 Å². The second-order valence-electron chi connectivity index (χ2n) is 7.95. The SMILES string of the molecule is COc1ccc(N2CC(C(=O)NCc3ccc(-n4cnc5ccccc54)nc3)CC2=O)cc1. The van der Waals surface area contributed by atoms with Gasteiger partial charge in [-0.1, -0.05) is 18.2 Å². The van der Waals surface area contributed by atoms with Crippen molar-refractivity contribution in [2.24, 2.45) is 5.92 Å². The second kappa shape index (κ2) is 8.74. The maximum atomic E-state index is 12.7. The van der Waals surface area contributed by atoms with E-state index in [1.807, 2.05) is 53.1 Å². The molecule has 0 saturated carbocycles. The zero-order chi connectivity index (χ0) is 22.8. The van der Waals surface area contributed by atoms with Gasteiger partial charge in [0.1, 0.15) is 17.9 Å². The van der Waals surface area contributed by atoms with Crippen LogP contribution in [0.4, 0.5) is 5.69 Å². The van der Waals surface area contributed by atoms with E-state index in [4.69, 9.17) is 4.74 Å². The van der Waals surface area contributed by atoms with Crippen LogP contribution in [0.5, 0.6) is 5.75 Å². The zero-order valence-corrected chi connectivity index (χ0v) is 18.1. The Kier molecular flexibility index (Phi) is 5.48. The summed E-state index contributed by atoms with van der Waals surface area (Å²) in [6, 6.07) is 19.0. The number of imidazole rings is 1. The molecule has 1 saturated heterocycles. The third kappa shape index (κ3) is 4.15. The fourth-order valence-electron chi connectivity index (χ4n) is 4.03. The molecule has 5 rings (SSSR count). The van der Waals surface area contributed by atoms with E-state index in [0.29, 0.717) is 13.1 Å². The molecule has 8 heteroatoms. The number of pyridine rings is 1. The van der Waals surface area contributed by atoms with Crippen LogP contribution in [0.1, 0.15) is 12.0 Å². The number of rotatable bonds is 6. The molecule has 2 aromatic carbocycles. The van der Waals surface area contributed by atoms with Gasteiger partial charge in [0.25, 0.3) is 0 Å². The van der Waals surface area contributed by atoms with E-state index in [1.54, 1.807) is 36.7 Å². The topological polar surface area (TPSA) is 89.3 Å². The maximum Gasteiger partial charge on any atom is 0.227 e. The molecule has 1 atom stereocenters. The van der Waals surface area contributed by atoms with Crippen molar-refractivity contribution in [2.75, 3.05) is 18.6 Å². The summed E-state index contributed by atoms with van der Waals surface area (Å²) < 4.78 is 7.09. The molecular formula is C25H23N5O3. The molecule has 0 bridgehead atoms. The highest BCUT2D eigenvalue weighted by Gasteiger charge is 2.35. The second-order valence-corrected chi connectivity index (χ2v) is 7.95. The molecular weight excluding hydrogens is 418 g/mol. The van der Waals surface area contributed by atoms with Gasteiger partial charge in [-0.2, -0.15) is 0 Å². The molecule has 33 heavy (non-hydrogen) atoms. The van der Waals surface area contributed by atoms with Crippen molar-refractivity contribution in [1.29, 1.82) is 0 Å². The highest BCUT2D eigenvalue weighted by atomic mass is 16.5. The highest BCUT2D eigenvalue weighted by Crippen LogP contribution is 2.27. The molecule has 0 radical (unpaired) electrons. The number of carbonyl (C=O) groups is 2. The van der Waals surface area contributed by atoms with Gasteiger partial charge in [0, 0.05) is 31.4 Å². The van der Waals surface area contributed by atoms with Gasteiger partial charge in [0.2, 0.25) is 11.8 Å². The van der Waals surface area contributed by atoms with Crippen molar-refractivity contribution in [3.05, 3.63) is 78.8 Å². The van der Waals surface area contributed by atoms with Crippen molar-refractivity contribution < 1.29 is 14.3 Å². The third-order valence-electron chi connectivity index (χ3n) is 5.86. The molecule has 0 aliphatic carbocycles. The number of anilines is 1. The molecule has 0 spiro atoms. The summed E-state index contributed by atoms with van der Waals surface area (Å²) in [5.74, 6) is 0.905. The highest BCUT2D eigenvalue weighted by molar-refractivity contribution is 6.00. The normalized spacial score (nSPS) is 15.7. The molecule has 1 aliphatic rings. The number of methoxy groups -OCH3 is 1. The Morgan fingerprint density at radius 2 is 1.91 bits per heavy atom. The number of ether oxygens (including phenoxy) is 1. The van der Waals surface area contributed by atoms with Crippen LogP contribution in [0.3, 0.4) is 0 Å². The number of para-hydroxylation sites is 2. The molecule has 4 aromatic rings. The van der Waals surface area contributed by atoms with Crippen LogP contribution < -0.4 is 15.0 Å². The third-order valence-corrected chi connectivity index (χ3v) is 5.86. The number of carbonyl (C=O) groups excluding carboxylic acids is 2. The van der Waals surface area contributed by atoms with E-state index < -0.39 is 0 Å². The van der Waals surface area contributed by atoms with E-state index >= 15 is 0 Å². The lowest BCUT2D eigenvalue weighted by atomic mass is 10.1. The summed E-state index contributed by atoms with van der Waals surface area (Å²) in [7, 11) is 1.60. The largest absolute Gasteiger partial charge is 0.497 e. The number of benzene rings is 2. The lowest BCUT2D eigenvalue weighted by Crippen LogP contribution is -2.32. The van der Waals surface area contributed by atoms with Gasteiger partial charge < -0.3 is 15.0 Å². The van der Waals surface area contributed by atoms with Gasteiger partial charge >= 0.3 is 0 Å². The Morgan fingerprint density at radius 1 is 1.09 bits per heavy atom. The summed E-state index contributed by atoms with van der Waals surface area (Å²) in [5.41, 5.74) is 3.54. The van der Waals surface area contributed by atoms with Crippen LogP contribution in [0.15, 0.2) is 73.2 Å². The molecule has 2 amide bonds. The van der Waals surface area contributed by atoms with Crippen molar-refractivity contribution in [2.45, 2.75) is 13.0 Å². The molecule has 1 N–H and O–H groups in total. The van der Waals surface area contributed by atoms with Gasteiger partial charge in [0.05, 0.1) is 24.1 Å². The van der Waals surface area contributed by atoms with Crippen molar-refractivity contribution in [3.63, 3.8) is 0 Å². The van der Waals surface area contributed by atoms with Crippen molar-refractivity contribution in [1.82, 2.24) is 19.9 Å². The lowest BCUT2D eigenvalue weighted by Gasteiger charge is -2.17. The number of amides is 2. The van der Waals surface area contributed by atoms with E-state index in [1.165, 1.54) is 0 Å². The van der Waals surface area contributed by atoms with Gasteiger partial charge in [-0.05, 0) is 48.0 Å². The molecule has 2 aromatic heterocycles. The number of nitrogens with zero attached hydrogens (tertiary/aromatic N) is 4. The summed E-state index contributed by atoms with van der Waals surface area (Å²) in [5, 5.41) is 2.94. The predicted octanol–water partition coefficient (Wildman–Crippen LogP) is 3.10. The lowest BCUT2D eigenvalue weighted by molar-refractivity contribution is -0.126. The van der Waals surface area contributed by atoms with E-state index in [9.17, 15) is 9.59 Å². The minimum absolute atomic E-state index is 0.0566. The first kappa shape index (κ1) is 20.7. The minimum Gasteiger partial charge on any atom is -0.497 e. The van der Waals surface area contributed by atoms with Gasteiger partial charge in [0.15, 0.2) is 0 Å². The summed E-state index contributed by atoms with van der Waals surface area (Å²) in [6.45, 7) is 0.714. The van der Waals surface area contributed by atoms with Crippen LogP contribution in [-0.2, 0) is 16.1 Å². The van der Waals surface area contributed by atoms with Crippen molar-refractivity contribution >= 4 is 28.5 Å². The molecule has 166 valence electrons. The summed E-state index contributed by atoms with van der Waals surface area (Å²) in [4.78, 5) is 35.7. The predicted molar refractivity (Wildman–Crippen MR) is 124 cm³/mol. The zero-order valence-electron chi connectivity index (χ0n) is 18.1. The fourth-order valence-corrected chi connectivity index (χ4v) is 4.03. The minimum atomic E-state index is -0.385. The molecule has 8 nitrogen and oxygen atoms in total. The quantitative estimate of drug-likeness (QED) is 0.497. The van der Waals surface area contributed by atoms with Crippen LogP contribution in [-0.4, -0.2) is 40.0 Å². The molecule has 1 aliphatic heterocycles. The van der Waals surface area contributed by atoms with E-state index in [0.717, 1.165) is 33.9 Å². The first-order valence-electron chi connectivity index (χ1n) is 10.7. The number of nitrogens with one attached hydrogen (secondary N) is 1. The Labute approximate surface area is 190 Å². The number of hydrogen-bond acceptors (Lipinski definition) is 5. The number of hydrogen-bond donors (Lipinski definition) is 1. The summed E-state index contributed by atoms with van der Waals surface area (Å²) in [6.07, 6.45) is 3.69. The fraction of sp³-hybridized carbons (Fsp3) is 0.200. The van der Waals surface area contributed by atoms with Crippen LogP contribution in [0, 0.1) is 5.92 Å². The average Bonchev–Trinajstić information content (AvgIpc) is 3.47. The Morgan fingerprint density at radius 3 is 2.67 bits per heavy atom. The molecule has 1 unspecified atom stereocenters. The summed E-state index contributed by atoms with van der Waals surface area (Å²) >= 11 is 0. The average molecular weight is 441 g/mol. The number of fused-ring (bicyclic) bond motifs is 1. The first-order valence-corrected chi connectivity index (χ1v) is 10.7. The molecule has 3 heterocycles. The monoisotopic (exact) mass is 441 g/mol. The number of aromatic nitrogens is 3. The Balaban J connectivity index is 1.20. The van der Waals surface area contributed by atoms with Gasteiger partial charge in [-0.15, -0.1) is 0 Å². The van der Waals surface area contributed by atoms with Crippen molar-refractivity contribution in [3.8, 4) is 11.6 Å². The van der Waals surface area contributed by atoms with Crippen LogP contribution in [0.2, 0.25) is 0 Å². The van der Waals surface area contributed by atoms with Gasteiger partial charge in [-0.25, -0.2) is 9.97 Å². The van der Waals surface area contributed by atoms with Crippen LogP contribution in [0.25, 0.3) is 16.9 Å². The first-order chi connectivity index (χ1) is 16.1. The maximum absolute atomic E-state index is 12.7. The smallest absolute Gasteiger partial charge is 0.227 e.